The molecule has 106 valence electrons. The number of pyridine rings is 1. The van der Waals surface area contributed by atoms with Crippen molar-refractivity contribution in [1.29, 1.82) is 0 Å². The van der Waals surface area contributed by atoms with Gasteiger partial charge in [0.2, 0.25) is 10.0 Å². The van der Waals surface area contributed by atoms with Crippen LogP contribution in [0.4, 0.5) is 5.82 Å². The molecule has 2 rings (SSSR count). The van der Waals surface area contributed by atoms with E-state index in [0.29, 0.717) is 5.75 Å². The van der Waals surface area contributed by atoms with E-state index in [0.717, 1.165) is 11.8 Å². The highest BCUT2D eigenvalue weighted by molar-refractivity contribution is 7.92. The lowest BCUT2D eigenvalue weighted by Gasteiger charge is -2.17. The molecule has 0 amide bonds. The molecule has 1 aromatic carbocycles. The van der Waals surface area contributed by atoms with Crippen LogP contribution in [0.5, 0.6) is 5.75 Å². The summed E-state index contributed by atoms with van der Waals surface area (Å²) in [6.07, 6.45) is 2.38. The maximum absolute atomic E-state index is 11.3. The van der Waals surface area contributed by atoms with Crippen molar-refractivity contribution in [2.24, 2.45) is 0 Å². The largest absolute Gasteiger partial charge is 0.482 e. The van der Waals surface area contributed by atoms with E-state index in [1.165, 1.54) is 6.20 Å². The summed E-state index contributed by atoms with van der Waals surface area (Å²) >= 11 is 0. The Bertz CT molecular complexity index is 672. The second-order valence-corrected chi connectivity index (χ2v) is 6.14. The predicted molar refractivity (Wildman–Crippen MR) is 78.2 cm³/mol. The van der Waals surface area contributed by atoms with Gasteiger partial charge in [0.05, 0.1) is 6.26 Å². The first-order chi connectivity index (χ1) is 9.46. The quantitative estimate of drug-likeness (QED) is 0.919. The lowest BCUT2D eigenvalue weighted by molar-refractivity contribution is 0.227. The minimum Gasteiger partial charge on any atom is -0.482 e. The number of hydrogen-bond donors (Lipinski definition) is 1. The van der Waals surface area contributed by atoms with Crippen LogP contribution in [0.15, 0.2) is 48.7 Å². The van der Waals surface area contributed by atoms with E-state index < -0.39 is 10.0 Å². The van der Waals surface area contributed by atoms with Crippen LogP contribution in [-0.4, -0.2) is 19.7 Å². The molecule has 1 heterocycles. The van der Waals surface area contributed by atoms with Crippen molar-refractivity contribution in [2.45, 2.75) is 13.0 Å². The van der Waals surface area contributed by atoms with Crippen molar-refractivity contribution in [1.82, 2.24) is 4.98 Å². The Morgan fingerprint density at radius 2 is 1.85 bits per heavy atom. The van der Waals surface area contributed by atoms with E-state index in [4.69, 9.17) is 4.74 Å². The topological polar surface area (TPSA) is 68.3 Å². The molecule has 0 aliphatic carbocycles. The molecule has 1 atom stereocenters. The highest BCUT2D eigenvalue weighted by atomic mass is 32.2. The molecule has 1 aromatic heterocycles. The lowest BCUT2D eigenvalue weighted by Crippen LogP contribution is -2.13. The Labute approximate surface area is 118 Å². The SMILES string of the molecule is C[C@H](Oc1cccnc1NS(C)(=O)=O)c1ccccc1. The molecule has 20 heavy (non-hydrogen) atoms. The van der Waals surface area contributed by atoms with Crippen LogP contribution in [0.2, 0.25) is 0 Å². The molecule has 0 fully saturated rings. The summed E-state index contributed by atoms with van der Waals surface area (Å²) in [5, 5.41) is 0. The Morgan fingerprint density at radius 3 is 2.50 bits per heavy atom. The van der Waals surface area contributed by atoms with Crippen molar-refractivity contribution < 1.29 is 13.2 Å². The number of anilines is 1. The van der Waals surface area contributed by atoms with Crippen molar-refractivity contribution in [2.75, 3.05) is 11.0 Å². The summed E-state index contributed by atoms with van der Waals surface area (Å²) in [6, 6.07) is 13.1. The summed E-state index contributed by atoms with van der Waals surface area (Å²) in [6.45, 7) is 1.90. The molecule has 0 saturated carbocycles. The molecule has 1 N–H and O–H groups in total. The number of benzene rings is 1. The van der Waals surface area contributed by atoms with Gasteiger partial charge in [-0.3, -0.25) is 4.72 Å². The standard InChI is InChI=1S/C14H16N2O3S/c1-11(12-7-4-3-5-8-12)19-13-9-6-10-15-14(13)16-20(2,17)18/h3-11H,1-2H3,(H,15,16)/t11-/m0/s1. The lowest BCUT2D eigenvalue weighted by atomic mass is 10.1. The maximum Gasteiger partial charge on any atom is 0.231 e. The zero-order valence-electron chi connectivity index (χ0n) is 11.3. The molecule has 0 bridgehead atoms. The zero-order chi connectivity index (χ0) is 14.6. The highest BCUT2D eigenvalue weighted by Gasteiger charge is 2.13. The molecule has 0 aliphatic rings. The van der Waals surface area contributed by atoms with E-state index in [-0.39, 0.29) is 11.9 Å². The Kier molecular flexibility index (Phi) is 4.24. The summed E-state index contributed by atoms with van der Waals surface area (Å²) in [7, 11) is -3.39. The number of sulfonamides is 1. The Morgan fingerprint density at radius 1 is 1.15 bits per heavy atom. The minimum atomic E-state index is -3.39. The third-order valence-electron chi connectivity index (χ3n) is 2.63. The summed E-state index contributed by atoms with van der Waals surface area (Å²) in [5.41, 5.74) is 1.00. The second-order valence-electron chi connectivity index (χ2n) is 4.40. The van der Waals surface area contributed by atoms with Crippen LogP contribution in [0, 0.1) is 0 Å². The summed E-state index contributed by atoms with van der Waals surface area (Å²) in [5.74, 6) is 0.590. The molecule has 0 unspecified atom stereocenters. The first kappa shape index (κ1) is 14.3. The van der Waals surface area contributed by atoms with E-state index in [2.05, 4.69) is 9.71 Å². The number of nitrogens with zero attached hydrogens (tertiary/aromatic N) is 1. The van der Waals surface area contributed by atoms with Gasteiger partial charge in [-0.1, -0.05) is 30.3 Å². The van der Waals surface area contributed by atoms with Gasteiger partial charge in [-0.25, -0.2) is 13.4 Å². The average Bonchev–Trinajstić information content (AvgIpc) is 2.40. The molecule has 5 nitrogen and oxygen atoms in total. The van der Waals surface area contributed by atoms with Gasteiger partial charge in [0.15, 0.2) is 11.6 Å². The normalized spacial score (nSPS) is 12.7. The van der Waals surface area contributed by atoms with Gasteiger partial charge in [0.25, 0.3) is 0 Å². The smallest absolute Gasteiger partial charge is 0.231 e. The van der Waals surface area contributed by atoms with Crippen LogP contribution >= 0.6 is 0 Å². The molecular weight excluding hydrogens is 276 g/mol. The van der Waals surface area contributed by atoms with E-state index in [1.54, 1.807) is 12.1 Å². The van der Waals surface area contributed by atoms with Gasteiger partial charge in [0.1, 0.15) is 6.10 Å². The minimum absolute atomic E-state index is 0.192. The Hall–Kier alpha value is -2.08. The van der Waals surface area contributed by atoms with Crippen molar-refractivity contribution in [3.8, 4) is 5.75 Å². The maximum atomic E-state index is 11.3. The molecule has 0 radical (unpaired) electrons. The first-order valence-electron chi connectivity index (χ1n) is 6.10. The third-order valence-corrected chi connectivity index (χ3v) is 3.19. The highest BCUT2D eigenvalue weighted by Crippen LogP contribution is 2.27. The summed E-state index contributed by atoms with van der Waals surface area (Å²) < 4.78 is 30.7. The Balaban J connectivity index is 2.21. The van der Waals surface area contributed by atoms with Gasteiger partial charge < -0.3 is 4.74 Å². The molecule has 0 spiro atoms. The fraction of sp³-hybridized carbons (Fsp3) is 0.214. The van der Waals surface area contributed by atoms with Crippen LogP contribution in [0.1, 0.15) is 18.6 Å². The number of rotatable bonds is 5. The number of aromatic nitrogens is 1. The fourth-order valence-corrected chi connectivity index (χ4v) is 2.22. The third kappa shape index (κ3) is 3.96. The molecule has 2 aromatic rings. The predicted octanol–water partition coefficient (Wildman–Crippen LogP) is 2.59. The van der Waals surface area contributed by atoms with Crippen molar-refractivity contribution in [3.05, 3.63) is 54.2 Å². The van der Waals surface area contributed by atoms with E-state index in [1.807, 2.05) is 37.3 Å². The van der Waals surface area contributed by atoms with Gasteiger partial charge >= 0.3 is 0 Å². The average molecular weight is 292 g/mol. The fourth-order valence-electron chi connectivity index (χ4n) is 1.72. The van der Waals surface area contributed by atoms with Crippen LogP contribution in [-0.2, 0) is 10.0 Å². The van der Waals surface area contributed by atoms with Gasteiger partial charge in [-0.15, -0.1) is 0 Å². The van der Waals surface area contributed by atoms with Crippen molar-refractivity contribution in [3.63, 3.8) is 0 Å². The van der Waals surface area contributed by atoms with Gasteiger partial charge in [-0.2, -0.15) is 0 Å². The van der Waals surface area contributed by atoms with Crippen molar-refractivity contribution >= 4 is 15.8 Å². The van der Waals surface area contributed by atoms with Gasteiger partial charge in [-0.05, 0) is 24.6 Å². The van der Waals surface area contributed by atoms with Crippen LogP contribution < -0.4 is 9.46 Å². The summed E-state index contributed by atoms with van der Waals surface area (Å²) in [4.78, 5) is 4.00. The van der Waals surface area contributed by atoms with Gasteiger partial charge in [0, 0.05) is 6.20 Å². The second kappa shape index (κ2) is 5.92. The molecule has 6 heteroatoms. The van der Waals surface area contributed by atoms with E-state index >= 15 is 0 Å². The monoisotopic (exact) mass is 292 g/mol. The number of ether oxygens (including phenoxy) is 1. The molecule has 0 saturated heterocycles. The number of nitrogens with one attached hydrogen (secondary N) is 1. The van der Waals surface area contributed by atoms with E-state index in [9.17, 15) is 8.42 Å². The van der Waals surface area contributed by atoms with Crippen LogP contribution in [0.25, 0.3) is 0 Å². The zero-order valence-corrected chi connectivity index (χ0v) is 12.1. The number of hydrogen-bond acceptors (Lipinski definition) is 4. The molecular formula is C14H16N2O3S. The molecule has 0 aliphatic heterocycles. The first-order valence-corrected chi connectivity index (χ1v) is 7.99. The van der Waals surface area contributed by atoms with Crippen LogP contribution in [0.3, 0.4) is 0 Å².